The molecule has 4 nitrogen and oxygen atoms in total. The third-order valence-electron chi connectivity index (χ3n) is 1.90. The fourth-order valence-electron chi connectivity index (χ4n) is 1.14. The predicted octanol–water partition coefficient (Wildman–Crippen LogP) is 1.95. The lowest BCUT2D eigenvalue weighted by Crippen LogP contribution is -2.16. The van der Waals surface area contributed by atoms with Crippen LogP contribution >= 0.6 is 0 Å². The first-order valence-corrected chi connectivity index (χ1v) is 5.45. The molecule has 0 aliphatic rings. The highest BCUT2D eigenvalue weighted by Gasteiger charge is 2.15. The number of rotatable bonds is 7. The van der Waals surface area contributed by atoms with Crippen LogP contribution in [0.4, 0.5) is 0 Å². The highest BCUT2D eigenvalue weighted by Crippen LogP contribution is 2.12. The first-order valence-electron chi connectivity index (χ1n) is 5.45. The van der Waals surface area contributed by atoms with Crippen LogP contribution in [0.3, 0.4) is 0 Å². The Labute approximate surface area is 91.4 Å². The molecule has 2 N–H and O–H groups in total. The summed E-state index contributed by atoms with van der Waals surface area (Å²) in [7, 11) is 0. The number of esters is 1. The van der Waals surface area contributed by atoms with Gasteiger partial charge in [0.2, 0.25) is 0 Å². The topological polar surface area (TPSA) is 61.5 Å². The third kappa shape index (κ3) is 5.30. The minimum absolute atomic E-state index is 0.199. The van der Waals surface area contributed by atoms with Gasteiger partial charge in [-0.3, -0.25) is 0 Å². The van der Waals surface area contributed by atoms with Crippen LogP contribution in [-0.4, -0.2) is 19.2 Å². The lowest BCUT2D eigenvalue weighted by Gasteiger charge is -2.10. The molecule has 0 fully saturated rings. The Kier molecular flexibility index (Phi) is 7.50. The summed E-state index contributed by atoms with van der Waals surface area (Å²) in [5.41, 5.74) is 6.12. The second-order valence-electron chi connectivity index (χ2n) is 3.10. The van der Waals surface area contributed by atoms with Crippen LogP contribution in [-0.2, 0) is 14.3 Å². The van der Waals surface area contributed by atoms with Crippen molar-refractivity contribution in [3.8, 4) is 0 Å². The molecule has 0 aromatic carbocycles. The van der Waals surface area contributed by atoms with Gasteiger partial charge in [0.15, 0.2) is 5.88 Å². The Balaban J connectivity index is 4.54. The van der Waals surface area contributed by atoms with Crippen LogP contribution in [0.25, 0.3) is 0 Å². The first-order chi connectivity index (χ1) is 7.17. The van der Waals surface area contributed by atoms with Crippen molar-refractivity contribution in [1.82, 2.24) is 0 Å². The standard InChI is InChI=1S/C11H21NO3/c1-4-7-8-9(10(12)14-5-2)11(13)15-6-3/h4-8,12H2,1-3H3/b10-9+. The van der Waals surface area contributed by atoms with Gasteiger partial charge in [-0.25, -0.2) is 4.79 Å². The summed E-state index contributed by atoms with van der Waals surface area (Å²) in [6, 6.07) is 0. The highest BCUT2D eigenvalue weighted by atomic mass is 16.5. The average Bonchev–Trinajstić information content (AvgIpc) is 2.19. The van der Waals surface area contributed by atoms with Gasteiger partial charge in [0.25, 0.3) is 0 Å². The van der Waals surface area contributed by atoms with E-state index in [1.165, 1.54) is 0 Å². The normalized spacial score (nSPS) is 11.9. The van der Waals surface area contributed by atoms with E-state index in [-0.39, 0.29) is 11.9 Å². The number of hydrogen-bond donors (Lipinski definition) is 1. The molecule has 0 saturated carbocycles. The maximum atomic E-state index is 11.5. The van der Waals surface area contributed by atoms with Crippen molar-refractivity contribution in [2.45, 2.75) is 40.0 Å². The van der Waals surface area contributed by atoms with E-state index in [9.17, 15) is 4.79 Å². The average molecular weight is 215 g/mol. The Hall–Kier alpha value is -1.19. The molecule has 0 aromatic rings. The molecule has 0 aromatic heterocycles. The van der Waals surface area contributed by atoms with Gasteiger partial charge in [0.1, 0.15) is 0 Å². The number of unbranched alkanes of at least 4 members (excludes halogenated alkanes) is 1. The van der Waals surface area contributed by atoms with Crippen molar-refractivity contribution in [2.75, 3.05) is 13.2 Å². The fraction of sp³-hybridized carbons (Fsp3) is 0.727. The van der Waals surface area contributed by atoms with Crippen LogP contribution < -0.4 is 5.73 Å². The number of hydrogen-bond acceptors (Lipinski definition) is 4. The van der Waals surface area contributed by atoms with E-state index in [1.807, 2.05) is 6.92 Å². The Bertz CT molecular complexity index is 224. The Morgan fingerprint density at radius 3 is 2.20 bits per heavy atom. The summed E-state index contributed by atoms with van der Waals surface area (Å²) >= 11 is 0. The van der Waals surface area contributed by atoms with E-state index >= 15 is 0 Å². The largest absolute Gasteiger partial charge is 0.479 e. The summed E-state index contributed by atoms with van der Waals surface area (Å²) in [5, 5.41) is 0. The molecule has 0 aliphatic heterocycles. The second-order valence-corrected chi connectivity index (χ2v) is 3.10. The number of ether oxygens (including phenoxy) is 2. The lowest BCUT2D eigenvalue weighted by molar-refractivity contribution is -0.139. The van der Waals surface area contributed by atoms with Gasteiger partial charge in [-0.2, -0.15) is 0 Å². The second kappa shape index (κ2) is 8.15. The van der Waals surface area contributed by atoms with Crippen molar-refractivity contribution >= 4 is 5.97 Å². The van der Waals surface area contributed by atoms with Gasteiger partial charge in [-0.05, 0) is 26.7 Å². The fourth-order valence-corrected chi connectivity index (χ4v) is 1.14. The van der Waals surface area contributed by atoms with Crippen molar-refractivity contribution in [1.29, 1.82) is 0 Å². The van der Waals surface area contributed by atoms with Crippen LogP contribution in [0, 0.1) is 0 Å². The number of nitrogens with two attached hydrogens (primary N) is 1. The van der Waals surface area contributed by atoms with E-state index < -0.39 is 0 Å². The molecule has 4 heteroatoms. The third-order valence-corrected chi connectivity index (χ3v) is 1.90. The zero-order valence-electron chi connectivity index (χ0n) is 9.84. The molecule has 0 amide bonds. The van der Waals surface area contributed by atoms with Crippen LogP contribution in [0.15, 0.2) is 11.5 Å². The maximum Gasteiger partial charge on any atom is 0.339 e. The quantitative estimate of drug-likeness (QED) is 0.400. The SMILES string of the molecule is CCCC/C(C(=O)OCC)=C(/N)OCC. The van der Waals surface area contributed by atoms with Crippen molar-refractivity contribution < 1.29 is 14.3 Å². The minimum atomic E-state index is -0.364. The van der Waals surface area contributed by atoms with E-state index in [2.05, 4.69) is 6.92 Å². The van der Waals surface area contributed by atoms with Crippen LogP contribution in [0.5, 0.6) is 0 Å². The van der Waals surface area contributed by atoms with Gasteiger partial charge in [-0.15, -0.1) is 0 Å². The molecular formula is C11H21NO3. The first kappa shape index (κ1) is 13.8. The molecule has 88 valence electrons. The van der Waals surface area contributed by atoms with Gasteiger partial charge >= 0.3 is 5.97 Å². The molecule has 0 heterocycles. The summed E-state index contributed by atoms with van der Waals surface area (Å²) in [6.45, 7) is 6.47. The molecule has 0 unspecified atom stereocenters. The molecule has 0 spiro atoms. The molecular weight excluding hydrogens is 194 g/mol. The number of carbonyl (C=O) groups is 1. The highest BCUT2D eigenvalue weighted by molar-refractivity contribution is 5.88. The van der Waals surface area contributed by atoms with Gasteiger partial charge in [-0.1, -0.05) is 13.3 Å². The van der Waals surface area contributed by atoms with E-state index in [0.717, 1.165) is 12.8 Å². The molecule has 0 atom stereocenters. The van der Waals surface area contributed by atoms with E-state index in [1.54, 1.807) is 6.92 Å². The van der Waals surface area contributed by atoms with E-state index in [0.29, 0.717) is 25.2 Å². The molecule has 0 radical (unpaired) electrons. The maximum absolute atomic E-state index is 11.5. The Morgan fingerprint density at radius 1 is 1.13 bits per heavy atom. The van der Waals surface area contributed by atoms with Crippen molar-refractivity contribution in [2.24, 2.45) is 5.73 Å². The zero-order chi connectivity index (χ0) is 11.7. The van der Waals surface area contributed by atoms with Crippen molar-refractivity contribution in [3.63, 3.8) is 0 Å². The van der Waals surface area contributed by atoms with Crippen LogP contribution in [0.1, 0.15) is 40.0 Å². The molecule has 15 heavy (non-hydrogen) atoms. The predicted molar refractivity (Wildman–Crippen MR) is 59.0 cm³/mol. The van der Waals surface area contributed by atoms with Crippen LogP contribution in [0.2, 0.25) is 0 Å². The number of carbonyl (C=O) groups excluding carboxylic acids is 1. The Morgan fingerprint density at radius 2 is 1.73 bits per heavy atom. The molecule has 0 bridgehead atoms. The summed E-state index contributed by atoms with van der Waals surface area (Å²) in [5.74, 6) is -0.165. The monoisotopic (exact) mass is 215 g/mol. The van der Waals surface area contributed by atoms with E-state index in [4.69, 9.17) is 15.2 Å². The molecule has 0 saturated heterocycles. The summed E-state index contributed by atoms with van der Waals surface area (Å²) in [4.78, 5) is 11.5. The zero-order valence-corrected chi connectivity index (χ0v) is 9.84. The lowest BCUT2D eigenvalue weighted by atomic mass is 10.1. The molecule has 0 rings (SSSR count). The van der Waals surface area contributed by atoms with Gasteiger partial charge in [0.05, 0.1) is 18.8 Å². The summed E-state index contributed by atoms with van der Waals surface area (Å²) < 4.78 is 10.0. The molecule has 0 aliphatic carbocycles. The summed E-state index contributed by atoms with van der Waals surface area (Å²) in [6.07, 6.45) is 2.52. The minimum Gasteiger partial charge on any atom is -0.479 e. The smallest absolute Gasteiger partial charge is 0.339 e. The van der Waals surface area contributed by atoms with Crippen molar-refractivity contribution in [3.05, 3.63) is 11.5 Å². The van der Waals surface area contributed by atoms with Gasteiger partial charge in [0, 0.05) is 0 Å². The van der Waals surface area contributed by atoms with Gasteiger partial charge < -0.3 is 15.2 Å².